The monoisotopic (exact) mass is 275 g/mol. The number of hydrazine groups is 1. The summed E-state index contributed by atoms with van der Waals surface area (Å²) >= 11 is 1.65. The number of benzene rings is 1. The van der Waals surface area contributed by atoms with Crippen LogP contribution in [0.1, 0.15) is 10.7 Å². The van der Waals surface area contributed by atoms with Gasteiger partial charge in [0, 0.05) is 0 Å². The first kappa shape index (κ1) is 13.2. The van der Waals surface area contributed by atoms with E-state index in [2.05, 4.69) is 20.9 Å². The van der Waals surface area contributed by atoms with Crippen LogP contribution in [0.15, 0.2) is 29.4 Å². The molecule has 0 aliphatic rings. The molecule has 1 aromatic heterocycles. The van der Waals surface area contributed by atoms with E-state index in [0.717, 1.165) is 26.8 Å². The zero-order chi connectivity index (χ0) is 13.8. The molecule has 2 amide bonds. The lowest BCUT2D eigenvalue weighted by Crippen LogP contribution is -2.25. The molecule has 2 rings (SSSR count). The number of urea groups is 1. The highest BCUT2D eigenvalue weighted by molar-refractivity contribution is 7.15. The van der Waals surface area contributed by atoms with E-state index in [1.54, 1.807) is 11.3 Å². The van der Waals surface area contributed by atoms with Gasteiger partial charge in [0.1, 0.15) is 0 Å². The Balaban J connectivity index is 2.12. The zero-order valence-corrected chi connectivity index (χ0v) is 11.3. The molecule has 0 atom stereocenters. The molecule has 0 aliphatic heterocycles. The third-order valence-corrected chi connectivity index (χ3v) is 3.59. The number of hydrogen-bond acceptors (Lipinski definition) is 5. The van der Waals surface area contributed by atoms with Crippen LogP contribution in [0.2, 0.25) is 0 Å². The van der Waals surface area contributed by atoms with E-state index in [4.69, 9.17) is 5.53 Å². The van der Waals surface area contributed by atoms with E-state index < -0.39 is 6.03 Å². The molecule has 98 valence electrons. The fourth-order valence-electron chi connectivity index (χ4n) is 1.66. The highest BCUT2D eigenvalue weighted by Crippen LogP contribution is 2.30. The topological polar surface area (TPSA) is 90.2 Å². The lowest BCUT2D eigenvalue weighted by atomic mass is 10.1. The van der Waals surface area contributed by atoms with E-state index in [1.807, 2.05) is 38.1 Å². The van der Waals surface area contributed by atoms with Crippen LogP contribution >= 0.6 is 11.3 Å². The van der Waals surface area contributed by atoms with Gasteiger partial charge in [0.2, 0.25) is 0 Å². The number of carbonyl (C=O) groups is 1. The van der Waals surface area contributed by atoms with E-state index in [9.17, 15) is 4.79 Å². The van der Waals surface area contributed by atoms with Gasteiger partial charge in [-0.25, -0.2) is 15.2 Å². The Hall–Kier alpha value is -2.28. The van der Waals surface area contributed by atoms with Crippen LogP contribution in [0, 0.1) is 19.4 Å². The van der Waals surface area contributed by atoms with Gasteiger partial charge in [0.25, 0.3) is 0 Å². The molecule has 1 heterocycles. The number of amides is 2. The summed E-state index contributed by atoms with van der Waals surface area (Å²) in [5, 5.41) is 3.75. The van der Waals surface area contributed by atoms with E-state index >= 15 is 0 Å². The van der Waals surface area contributed by atoms with Gasteiger partial charge in [-0.1, -0.05) is 17.2 Å². The summed E-state index contributed by atoms with van der Waals surface area (Å²) in [6.45, 7) is 3.97. The maximum atomic E-state index is 10.8. The first-order chi connectivity index (χ1) is 9.10. The number of aromatic nitrogens is 1. The van der Waals surface area contributed by atoms with Crippen LogP contribution in [0.25, 0.3) is 10.4 Å². The predicted octanol–water partition coefficient (Wildman–Crippen LogP) is 3.49. The minimum Gasteiger partial charge on any atom is -0.297 e. The fourth-order valence-corrected chi connectivity index (χ4v) is 2.58. The highest BCUT2D eigenvalue weighted by Gasteiger charge is 2.07. The molecule has 0 fully saturated rings. The molecule has 0 saturated heterocycles. The van der Waals surface area contributed by atoms with Crippen LogP contribution in [-0.4, -0.2) is 11.0 Å². The van der Waals surface area contributed by atoms with Crippen molar-refractivity contribution in [2.75, 3.05) is 5.43 Å². The van der Waals surface area contributed by atoms with Crippen LogP contribution in [0.5, 0.6) is 0 Å². The molecule has 7 heteroatoms. The smallest absolute Gasteiger partial charge is 0.297 e. The second kappa shape index (κ2) is 5.57. The van der Waals surface area contributed by atoms with Gasteiger partial charge in [0.15, 0.2) is 0 Å². The molecular weight excluding hydrogens is 262 g/mol. The first-order valence-electron chi connectivity index (χ1n) is 5.58. The Morgan fingerprint density at radius 2 is 2.00 bits per heavy atom. The van der Waals surface area contributed by atoms with Crippen LogP contribution in [-0.2, 0) is 0 Å². The predicted molar refractivity (Wildman–Crippen MR) is 74.3 cm³/mol. The van der Waals surface area contributed by atoms with Crippen molar-refractivity contribution in [3.05, 3.63) is 35.0 Å². The maximum absolute atomic E-state index is 10.8. The Kier molecular flexibility index (Phi) is 3.86. The van der Waals surface area contributed by atoms with Gasteiger partial charge in [-0.3, -0.25) is 5.43 Å². The summed E-state index contributed by atoms with van der Waals surface area (Å²) in [5.41, 5.74) is 14.3. The molecule has 2 aromatic rings. The Labute approximate surface area is 114 Å². The van der Waals surface area contributed by atoms with Crippen LogP contribution in [0.4, 0.5) is 10.5 Å². The van der Waals surface area contributed by atoms with Crippen molar-refractivity contribution in [3.63, 3.8) is 0 Å². The summed E-state index contributed by atoms with van der Waals surface area (Å²) in [4.78, 5) is 16.3. The van der Waals surface area contributed by atoms with Gasteiger partial charge in [0.05, 0.1) is 21.3 Å². The number of nitrogens with zero attached hydrogens (tertiary/aromatic N) is 2. The number of hydrogen-bond donors (Lipinski definition) is 3. The number of carbonyl (C=O) groups excluding carboxylic acids is 1. The van der Waals surface area contributed by atoms with Gasteiger partial charge in [-0.05, 0) is 31.5 Å². The highest BCUT2D eigenvalue weighted by atomic mass is 32.1. The molecular formula is C12H13N5OS. The molecule has 0 unspecified atom stereocenters. The van der Waals surface area contributed by atoms with E-state index in [1.165, 1.54) is 0 Å². The maximum Gasteiger partial charge on any atom is 0.377 e. The summed E-state index contributed by atoms with van der Waals surface area (Å²) < 4.78 is 0. The van der Waals surface area contributed by atoms with Gasteiger partial charge >= 0.3 is 6.03 Å². The molecule has 0 spiro atoms. The molecule has 3 N–H and O–H groups in total. The van der Waals surface area contributed by atoms with Gasteiger partial charge in [-0.2, -0.15) is 5.53 Å². The molecule has 0 aliphatic carbocycles. The van der Waals surface area contributed by atoms with Crippen molar-refractivity contribution < 1.29 is 4.79 Å². The number of rotatable bonds is 3. The quantitative estimate of drug-likeness (QED) is 0.591. The molecule has 0 saturated carbocycles. The second-order valence-electron chi connectivity index (χ2n) is 3.89. The van der Waals surface area contributed by atoms with Gasteiger partial charge < -0.3 is 0 Å². The summed E-state index contributed by atoms with van der Waals surface area (Å²) in [5.74, 6) is 0. The van der Waals surface area contributed by atoms with Crippen molar-refractivity contribution in [1.82, 2.24) is 10.4 Å². The second-order valence-corrected chi connectivity index (χ2v) is 5.09. The average Bonchev–Trinajstić information content (AvgIpc) is 2.75. The van der Waals surface area contributed by atoms with Crippen LogP contribution < -0.4 is 10.9 Å². The minimum absolute atomic E-state index is 0.722. The largest absolute Gasteiger partial charge is 0.377 e. The first-order valence-corrected chi connectivity index (χ1v) is 6.39. The third-order valence-electron chi connectivity index (χ3n) is 2.47. The van der Waals surface area contributed by atoms with E-state index in [-0.39, 0.29) is 0 Å². The molecule has 0 radical (unpaired) electrons. The Morgan fingerprint density at radius 1 is 1.32 bits per heavy atom. The molecule has 6 nitrogen and oxygen atoms in total. The van der Waals surface area contributed by atoms with Crippen molar-refractivity contribution in [2.24, 2.45) is 5.11 Å². The molecule has 0 bridgehead atoms. The van der Waals surface area contributed by atoms with Crippen LogP contribution in [0.3, 0.4) is 0 Å². The zero-order valence-electron chi connectivity index (χ0n) is 10.5. The number of aryl methyl sites for hydroxylation is 2. The molecule has 19 heavy (non-hydrogen) atoms. The lowest BCUT2D eigenvalue weighted by Gasteiger charge is -2.06. The van der Waals surface area contributed by atoms with Crippen molar-refractivity contribution in [3.8, 4) is 10.4 Å². The summed E-state index contributed by atoms with van der Waals surface area (Å²) in [6, 6.07) is 6.85. The summed E-state index contributed by atoms with van der Waals surface area (Å²) in [6.07, 6.45) is 0. The number of thiazole rings is 1. The normalized spacial score (nSPS) is 10.0. The average molecular weight is 275 g/mol. The number of anilines is 1. The SMILES string of the molecule is Cc1nc(C)c(-c2ccc(NNC(=O)N=N)cc2)s1. The standard InChI is InChI=1S/C12H13N5OS/c1-7-11(19-8(2)14-7)9-3-5-10(6-4-9)16-17-12(18)15-13/h3-6,13,16H,1-2H3,(H,17,18). The third kappa shape index (κ3) is 3.14. The lowest BCUT2D eigenvalue weighted by molar-refractivity contribution is 0.249. The molecule has 1 aromatic carbocycles. The van der Waals surface area contributed by atoms with Crippen molar-refractivity contribution in [1.29, 1.82) is 5.53 Å². The Bertz CT molecular complexity index is 605. The van der Waals surface area contributed by atoms with Crippen molar-refractivity contribution >= 4 is 23.1 Å². The van der Waals surface area contributed by atoms with Crippen molar-refractivity contribution in [2.45, 2.75) is 13.8 Å². The van der Waals surface area contributed by atoms with E-state index in [0.29, 0.717) is 0 Å². The number of nitrogens with one attached hydrogen (secondary N) is 3. The Morgan fingerprint density at radius 3 is 2.53 bits per heavy atom. The van der Waals surface area contributed by atoms with Gasteiger partial charge in [-0.15, -0.1) is 11.3 Å². The minimum atomic E-state index is -0.738. The fraction of sp³-hybridized carbons (Fsp3) is 0.167. The summed E-state index contributed by atoms with van der Waals surface area (Å²) in [7, 11) is 0.